The molecule has 1 N–H and O–H groups in total. The van der Waals surface area contributed by atoms with Crippen LogP contribution in [0.4, 0.5) is 0 Å². The van der Waals surface area contributed by atoms with Crippen molar-refractivity contribution in [2.24, 2.45) is 5.92 Å². The Morgan fingerprint density at radius 1 is 1.30 bits per heavy atom. The molecule has 1 heterocycles. The molecule has 4 heteroatoms. The van der Waals surface area contributed by atoms with Crippen molar-refractivity contribution in [3.05, 3.63) is 29.8 Å². The minimum absolute atomic E-state index is 0.0357. The first-order valence-corrected chi connectivity index (χ1v) is 8.68. The van der Waals surface area contributed by atoms with E-state index in [0.717, 1.165) is 17.9 Å². The van der Waals surface area contributed by atoms with Gasteiger partial charge < -0.3 is 10.1 Å². The molecule has 1 aliphatic heterocycles. The topological polar surface area (TPSA) is 41.6 Å². The molecule has 23 heavy (non-hydrogen) atoms. The van der Waals surface area contributed by atoms with E-state index in [4.69, 9.17) is 4.74 Å². The molecular formula is C19H30N2O2. The number of hydrogen-bond acceptors (Lipinski definition) is 3. The molecule has 1 aromatic rings. The lowest BCUT2D eigenvalue weighted by Gasteiger charge is -2.33. The second kappa shape index (κ2) is 8.34. The number of methoxy groups -OCH3 is 1. The Morgan fingerprint density at radius 3 is 2.57 bits per heavy atom. The van der Waals surface area contributed by atoms with E-state index in [-0.39, 0.29) is 11.9 Å². The van der Waals surface area contributed by atoms with Gasteiger partial charge in [-0.1, -0.05) is 32.4 Å². The third-order valence-corrected chi connectivity index (χ3v) is 4.75. The molecule has 0 bridgehead atoms. The number of ether oxygens (including phenoxy) is 1. The first kappa shape index (κ1) is 17.8. The highest BCUT2D eigenvalue weighted by Crippen LogP contribution is 2.24. The first-order chi connectivity index (χ1) is 11.0. The van der Waals surface area contributed by atoms with E-state index >= 15 is 0 Å². The van der Waals surface area contributed by atoms with Crippen molar-refractivity contribution in [2.75, 3.05) is 20.2 Å². The van der Waals surface area contributed by atoms with Gasteiger partial charge in [-0.05, 0) is 49.9 Å². The van der Waals surface area contributed by atoms with E-state index in [2.05, 4.69) is 31.0 Å². The van der Waals surface area contributed by atoms with Crippen LogP contribution in [0.15, 0.2) is 24.3 Å². The van der Waals surface area contributed by atoms with E-state index < -0.39 is 0 Å². The van der Waals surface area contributed by atoms with Crippen molar-refractivity contribution in [1.82, 2.24) is 10.2 Å². The average Bonchev–Trinajstić information content (AvgIpc) is 2.55. The van der Waals surface area contributed by atoms with Crippen molar-refractivity contribution in [3.63, 3.8) is 0 Å². The van der Waals surface area contributed by atoms with Gasteiger partial charge in [0.15, 0.2) is 0 Å². The molecule has 0 spiro atoms. The summed E-state index contributed by atoms with van der Waals surface area (Å²) in [6.07, 6.45) is 3.67. The third kappa shape index (κ3) is 4.96. The second-order valence-electron chi connectivity index (χ2n) is 6.88. The molecule has 128 valence electrons. The molecule has 1 fully saturated rings. The summed E-state index contributed by atoms with van der Waals surface area (Å²) < 4.78 is 5.21. The van der Waals surface area contributed by atoms with Crippen LogP contribution in [0.25, 0.3) is 0 Å². The lowest BCUT2D eigenvalue weighted by molar-refractivity contribution is -0.124. The number of likely N-dealkylation sites (tertiary alicyclic amines) is 1. The number of benzene rings is 1. The fourth-order valence-electron chi connectivity index (χ4n) is 3.24. The normalized spacial score (nSPS) is 20.3. The average molecular weight is 318 g/mol. The fraction of sp³-hybridized carbons (Fsp3) is 0.632. The Hall–Kier alpha value is -1.55. The monoisotopic (exact) mass is 318 g/mol. The summed E-state index contributed by atoms with van der Waals surface area (Å²) >= 11 is 0. The summed E-state index contributed by atoms with van der Waals surface area (Å²) in [5.41, 5.74) is 1.13. The van der Waals surface area contributed by atoms with Crippen LogP contribution in [-0.4, -0.2) is 37.0 Å². The van der Waals surface area contributed by atoms with Crippen LogP contribution in [0.2, 0.25) is 0 Å². The third-order valence-electron chi connectivity index (χ3n) is 4.75. The van der Waals surface area contributed by atoms with Crippen LogP contribution in [0.3, 0.4) is 0 Å². The molecule has 0 unspecified atom stereocenters. The van der Waals surface area contributed by atoms with E-state index in [1.807, 2.05) is 24.3 Å². The molecule has 2 rings (SSSR count). The molecule has 1 amide bonds. The summed E-state index contributed by atoms with van der Waals surface area (Å²) in [5, 5.41) is 3.22. The summed E-state index contributed by atoms with van der Waals surface area (Å²) in [7, 11) is 1.66. The highest BCUT2D eigenvalue weighted by molar-refractivity contribution is 5.78. The van der Waals surface area contributed by atoms with Crippen LogP contribution in [-0.2, 0) is 4.79 Å². The standard InChI is InChI=1S/C19H30N2O2/c1-14(2)19(16-8-10-17(23-4)11-9-16)20-18(22)13-21-12-6-5-7-15(21)3/h8-11,14-15,19H,5-7,12-13H2,1-4H3,(H,20,22)/t15-,19-/m1/s1. The molecule has 0 aromatic heterocycles. The Morgan fingerprint density at radius 2 is 2.00 bits per heavy atom. The molecule has 0 saturated carbocycles. The first-order valence-electron chi connectivity index (χ1n) is 8.68. The zero-order chi connectivity index (χ0) is 16.8. The maximum absolute atomic E-state index is 12.5. The van der Waals surface area contributed by atoms with Crippen LogP contribution in [0.5, 0.6) is 5.75 Å². The van der Waals surface area contributed by atoms with Gasteiger partial charge in [-0.3, -0.25) is 9.69 Å². The molecule has 1 aliphatic rings. The zero-order valence-corrected chi connectivity index (χ0v) is 14.8. The number of piperidine rings is 1. The van der Waals surface area contributed by atoms with Gasteiger partial charge in [-0.2, -0.15) is 0 Å². The molecule has 0 aliphatic carbocycles. The number of hydrogen-bond donors (Lipinski definition) is 1. The molecule has 0 radical (unpaired) electrons. The maximum Gasteiger partial charge on any atom is 0.234 e. The SMILES string of the molecule is COc1ccc([C@H](NC(=O)CN2CCCC[C@H]2C)C(C)C)cc1. The van der Waals surface area contributed by atoms with Gasteiger partial charge in [-0.15, -0.1) is 0 Å². The fourth-order valence-corrected chi connectivity index (χ4v) is 3.24. The predicted octanol–water partition coefficient (Wildman–Crippen LogP) is 3.38. The minimum Gasteiger partial charge on any atom is -0.497 e. The van der Waals surface area contributed by atoms with E-state index in [1.165, 1.54) is 19.3 Å². The molecular weight excluding hydrogens is 288 g/mol. The van der Waals surface area contributed by atoms with Crippen molar-refractivity contribution in [3.8, 4) is 5.75 Å². The second-order valence-corrected chi connectivity index (χ2v) is 6.88. The lowest BCUT2D eigenvalue weighted by Crippen LogP contribution is -2.45. The van der Waals surface area contributed by atoms with E-state index in [9.17, 15) is 4.79 Å². The number of amides is 1. The summed E-state index contributed by atoms with van der Waals surface area (Å²) in [6.45, 7) is 8.03. The quantitative estimate of drug-likeness (QED) is 0.874. The van der Waals surface area contributed by atoms with E-state index in [0.29, 0.717) is 18.5 Å². The zero-order valence-electron chi connectivity index (χ0n) is 14.8. The Labute approximate surface area is 140 Å². The molecule has 4 nitrogen and oxygen atoms in total. The van der Waals surface area contributed by atoms with Gasteiger partial charge in [0.1, 0.15) is 5.75 Å². The molecule has 2 atom stereocenters. The number of nitrogens with zero attached hydrogens (tertiary/aromatic N) is 1. The number of rotatable bonds is 6. The summed E-state index contributed by atoms with van der Waals surface area (Å²) in [4.78, 5) is 14.8. The van der Waals surface area contributed by atoms with Crippen molar-refractivity contribution in [2.45, 2.75) is 52.1 Å². The smallest absolute Gasteiger partial charge is 0.234 e. The van der Waals surface area contributed by atoms with Crippen LogP contribution >= 0.6 is 0 Å². The largest absolute Gasteiger partial charge is 0.497 e. The van der Waals surface area contributed by atoms with Crippen molar-refractivity contribution < 1.29 is 9.53 Å². The number of carbonyl (C=O) groups is 1. The lowest BCUT2D eigenvalue weighted by atomic mass is 9.96. The molecule has 1 aromatic carbocycles. The summed E-state index contributed by atoms with van der Waals surface area (Å²) in [5.74, 6) is 1.30. The Kier molecular flexibility index (Phi) is 6.46. The Bertz CT molecular complexity index is 499. The van der Waals surface area contributed by atoms with Gasteiger partial charge in [0.25, 0.3) is 0 Å². The van der Waals surface area contributed by atoms with Gasteiger partial charge in [0, 0.05) is 6.04 Å². The predicted molar refractivity (Wildman–Crippen MR) is 93.6 cm³/mol. The van der Waals surface area contributed by atoms with Crippen LogP contribution < -0.4 is 10.1 Å². The summed E-state index contributed by atoms with van der Waals surface area (Å²) in [6, 6.07) is 8.51. The van der Waals surface area contributed by atoms with Gasteiger partial charge >= 0.3 is 0 Å². The maximum atomic E-state index is 12.5. The minimum atomic E-state index is 0.0357. The number of nitrogens with one attached hydrogen (secondary N) is 1. The van der Waals surface area contributed by atoms with E-state index in [1.54, 1.807) is 7.11 Å². The highest BCUT2D eigenvalue weighted by atomic mass is 16.5. The van der Waals surface area contributed by atoms with Crippen molar-refractivity contribution in [1.29, 1.82) is 0 Å². The van der Waals surface area contributed by atoms with Crippen molar-refractivity contribution >= 4 is 5.91 Å². The van der Waals surface area contributed by atoms with Gasteiger partial charge in [-0.25, -0.2) is 0 Å². The number of carbonyl (C=O) groups excluding carboxylic acids is 1. The Balaban J connectivity index is 1.99. The molecule has 1 saturated heterocycles. The van der Waals surface area contributed by atoms with Gasteiger partial charge in [0.05, 0.1) is 19.7 Å². The highest BCUT2D eigenvalue weighted by Gasteiger charge is 2.23. The van der Waals surface area contributed by atoms with Crippen LogP contribution in [0, 0.1) is 5.92 Å². The van der Waals surface area contributed by atoms with Crippen LogP contribution in [0.1, 0.15) is 51.6 Å². The van der Waals surface area contributed by atoms with Gasteiger partial charge in [0.2, 0.25) is 5.91 Å².